The summed E-state index contributed by atoms with van der Waals surface area (Å²) < 4.78 is 19.0. The predicted molar refractivity (Wildman–Crippen MR) is 74.3 cm³/mol. The van der Waals surface area contributed by atoms with Crippen molar-refractivity contribution < 1.29 is 14.2 Å². The maximum Gasteiger partial charge on any atom is 0.124 e. The van der Waals surface area contributed by atoms with Gasteiger partial charge in [0.1, 0.15) is 24.3 Å². The van der Waals surface area contributed by atoms with E-state index >= 15 is 0 Å². The Labute approximate surface area is 118 Å². The molecule has 0 spiro atoms. The molecule has 0 radical (unpaired) electrons. The number of halogens is 1. The topological polar surface area (TPSA) is 35.9 Å². The molecular weight excluding hydrogens is 259 g/mol. The number of aliphatic hydroxyl groups is 1. The number of rotatable bonds is 2. The number of nitrogens with zero attached hydrogens (tertiary/aromatic N) is 2. The van der Waals surface area contributed by atoms with Gasteiger partial charge in [-0.1, -0.05) is 6.92 Å². The fourth-order valence-electron chi connectivity index (χ4n) is 3.15. The van der Waals surface area contributed by atoms with Gasteiger partial charge in [0.2, 0.25) is 0 Å². The van der Waals surface area contributed by atoms with Gasteiger partial charge in [-0.3, -0.25) is 4.90 Å². The second kappa shape index (κ2) is 5.68. The lowest BCUT2D eigenvalue weighted by Crippen LogP contribution is -2.51. The zero-order chi connectivity index (χ0) is 14.1. The molecule has 20 heavy (non-hydrogen) atoms. The van der Waals surface area contributed by atoms with Gasteiger partial charge < -0.3 is 14.7 Å². The van der Waals surface area contributed by atoms with Crippen molar-refractivity contribution in [3.63, 3.8) is 0 Å². The van der Waals surface area contributed by atoms with Crippen LogP contribution in [0.3, 0.4) is 0 Å². The summed E-state index contributed by atoms with van der Waals surface area (Å²) in [6.45, 7) is 7.25. The maximum atomic E-state index is 13.5. The molecule has 0 saturated carbocycles. The Hall–Kier alpha value is -1.17. The average Bonchev–Trinajstić information content (AvgIpc) is 2.47. The van der Waals surface area contributed by atoms with E-state index in [-0.39, 0.29) is 18.5 Å². The summed E-state index contributed by atoms with van der Waals surface area (Å²) in [6, 6.07) is 4.40. The number of likely N-dealkylation sites (N-methyl/N-ethyl adjacent to an activating group) is 1. The van der Waals surface area contributed by atoms with Gasteiger partial charge in [-0.2, -0.15) is 0 Å². The molecule has 1 fully saturated rings. The lowest BCUT2D eigenvalue weighted by molar-refractivity contribution is -0.0176. The minimum atomic E-state index is -0.600. The summed E-state index contributed by atoms with van der Waals surface area (Å²) in [7, 11) is 0. The Balaban J connectivity index is 1.84. The Morgan fingerprint density at radius 3 is 2.75 bits per heavy atom. The highest BCUT2D eigenvalue weighted by atomic mass is 19.1. The second-order valence-corrected chi connectivity index (χ2v) is 5.48. The van der Waals surface area contributed by atoms with Gasteiger partial charge in [0.25, 0.3) is 0 Å². The molecule has 1 aromatic carbocycles. The van der Waals surface area contributed by atoms with Crippen LogP contribution in [0.5, 0.6) is 5.75 Å². The number of ether oxygens (including phenoxy) is 1. The minimum Gasteiger partial charge on any atom is -0.490 e. The van der Waals surface area contributed by atoms with Crippen molar-refractivity contribution in [3.05, 3.63) is 29.6 Å². The van der Waals surface area contributed by atoms with Crippen LogP contribution in [0.4, 0.5) is 4.39 Å². The van der Waals surface area contributed by atoms with Crippen molar-refractivity contribution >= 4 is 0 Å². The van der Waals surface area contributed by atoms with Crippen molar-refractivity contribution in [2.45, 2.75) is 19.1 Å². The van der Waals surface area contributed by atoms with E-state index in [0.29, 0.717) is 5.75 Å². The molecule has 4 nitrogen and oxygen atoms in total. The summed E-state index contributed by atoms with van der Waals surface area (Å²) >= 11 is 0. The molecule has 0 aliphatic carbocycles. The zero-order valence-corrected chi connectivity index (χ0v) is 11.8. The molecule has 1 saturated heterocycles. The second-order valence-electron chi connectivity index (χ2n) is 5.48. The van der Waals surface area contributed by atoms with Crippen molar-refractivity contribution in [1.29, 1.82) is 0 Å². The van der Waals surface area contributed by atoms with Crippen LogP contribution in [0.25, 0.3) is 0 Å². The maximum absolute atomic E-state index is 13.5. The lowest BCUT2D eigenvalue weighted by atomic mass is 9.96. The summed E-state index contributed by atoms with van der Waals surface area (Å²) in [6.07, 6.45) is -0.600. The van der Waals surface area contributed by atoms with Crippen LogP contribution in [-0.2, 0) is 0 Å². The first-order valence-corrected chi connectivity index (χ1v) is 7.25. The number of benzene rings is 1. The highest BCUT2D eigenvalue weighted by Crippen LogP contribution is 2.37. The van der Waals surface area contributed by atoms with Gasteiger partial charge in [0, 0.05) is 31.7 Å². The van der Waals surface area contributed by atoms with Crippen LogP contribution in [0.2, 0.25) is 0 Å². The van der Waals surface area contributed by atoms with Crippen LogP contribution in [0.15, 0.2) is 18.2 Å². The van der Waals surface area contributed by atoms with Gasteiger partial charge in [-0.05, 0) is 24.7 Å². The lowest BCUT2D eigenvalue weighted by Gasteiger charge is -2.43. The smallest absolute Gasteiger partial charge is 0.124 e. The summed E-state index contributed by atoms with van der Waals surface area (Å²) in [5.74, 6) is 0.415. The summed E-state index contributed by atoms with van der Waals surface area (Å²) in [5.41, 5.74) is 0.772. The Morgan fingerprint density at radius 2 is 2.05 bits per heavy atom. The third-order valence-corrected chi connectivity index (χ3v) is 4.31. The van der Waals surface area contributed by atoms with Gasteiger partial charge in [0.05, 0.1) is 6.04 Å². The van der Waals surface area contributed by atoms with E-state index < -0.39 is 6.10 Å². The van der Waals surface area contributed by atoms with Gasteiger partial charge in [-0.15, -0.1) is 0 Å². The normalized spacial score (nSPS) is 27.9. The molecule has 1 N–H and O–H groups in total. The molecule has 2 heterocycles. The summed E-state index contributed by atoms with van der Waals surface area (Å²) in [4.78, 5) is 4.63. The molecule has 2 aliphatic heterocycles. The van der Waals surface area contributed by atoms with Gasteiger partial charge in [0.15, 0.2) is 0 Å². The van der Waals surface area contributed by atoms with Gasteiger partial charge in [-0.25, -0.2) is 4.39 Å². The average molecular weight is 280 g/mol. The molecule has 1 aromatic rings. The Morgan fingerprint density at radius 1 is 1.30 bits per heavy atom. The Bertz CT molecular complexity index is 475. The standard InChI is InChI=1S/C15H21FN2O2/c1-2-17-5-7-18(8-6-17)15-12-9-11(16)3-4-14(12)20-10-13(15)19/h3-4,9,13,15,19H,2,5-8,10H2,1H3. The first-order valence-electron chi connectivity index (χ1n) is 7.25. The third kappa shape index (κ3) is 2.53. The Kier molecular flexibility index (Phi) is 3.92. The van der Waals surface area contributed by atoms with Gasteiger partial charge >= 0.3 is 0 Å². The molecule has 0 amide bonds. The van der Waals surface area contributed by atoms with E-state index in [1.54, 1.807) is 6.07 Å². The first-order chi connectivity index (χ1) is 9.69. The highest BCUT2D eigenvalue weighted by Gasteiger charge is 2.35. The monoisotopic (exact) mass is 280 g/mol. The van der Waals surface area contributed by atoms with Crippen LogP contribution in [0, 0.1) is 5.82 Å². The molecular formula is C15H21FN2O2. The van der Waals surface area contributed by atoms with Crippen LogP contribution in [-0.4, -0.2) is 60.3 Å². The number of hydrogen-bond acceptors (Lipinski definition) is 4. The van der Waals surface area contributed by atoms with Crippen LogP contribution < -0.4 is 4.74 Å². The van der Waals surface area contributed by atoms with E-state index in [1.807, 2.05) is 0 Å². The largest absolute Gasteiger partial charge is 0.490 e. The fraction of sp³-hybridized carbons (Fsp3) is 0.600. The minimum absolute atomic E-state index is 0.159. The molecule has 2 atom stereocenters. The van der Waals surface area contributed by atoms with E-state index in [0.717, 1.165) is 38.3 Å². The highest BCUT2D eigenvalue weighted by molar-refractivity contribution is 5.39. The number of hydrogen-bond donors (Lipinski definition) is 1. The molecule has 5 heteroatoms. The fourth-order valence-corrected chi connectivity index (χ4v) is 3.15. The van der Waals surface area contributed by atoms with E-state index in [1.165, 1.54) is 12.1 Å². The zero-order valence-electron chi connectivity index (χ0n) is 11.8. The van der Waals surface area contributed by atoms with Crippen molar-refractivity contribution in [2.75, 3.05) is 39.3 Å². The molecule has 3 rings (SSSR count). The van der Waals surface area contributed by atoms with Crippen molar-refractivity contribution in [2.24, 2.45) is 0 Å². The molecule has 0 aromatic heterocycles. The van der Waals surface area contributed by atoms with Crippen molar-refractivity contribution in [1.82, 2.24) is 9.80 Å². The molecule has 110 valence electrons. The van der Waals surface area contributed by atoms with Crippen molar-refractivity contribution in [3.8, 4) is 5.75 Å². The molecule has 2 unspecified atom stereocenters. The summed E-state index contributed by atoms with van der Waals surface area (Å²) in [5, 5.41) is 10.3. The van der Waals surface area contributed by atoms with Crippen LogP contribution in [0.1, 0.15) is 18.5 Å². The van der Waals surface area contributed by atoms with E-state index in [4.69, 9.17) is 4.74 Å². The van der Waals surface area contributed by atoms with Crippen LogP contribution >= 0.6 is 0 Å². The third-order valence-electron chi connectivity index (χ3n) is 4.31. The van der Waals surface area contributed by atoms with E-state index in [9.17, 15) is 9.50 Å². The van der Waals surface area contributed by atoms with E-state index in [2.05, 4.69) is 16.7 Å². The number of piperazine rings is 1. The molecule has 0 bridgehead atoms. The quantitative estimate of drug-likeness (QED) is 0.885. The molecule has 2 aliphatic rings. The SMILES string of the molecule is CCN1CCN(C2c3cc(F)ccc3OCC2O)CC1. The first kappa shape index (κ1) is 13.8. The number of aliphatic hydroxyl groups excluding tert-OH is 1. The predicted octanol–water partition coefficient (Wildman–Crippen LogP) is 1.26. The number of fused-ring (bicyclic) bond motifs is 1.